The van der Waals surface area contributed by atoms with Gasteiger partial charge in [-0.15, -0.1) is 11.3 Å². The lowest BCUT2D eigenvalue weighted by molar-refractivity contribution is 0.0945. The number of thiophene rings is 1. The first-order valence-electron chi connectivity index (χ1n) is 5.77. The molecule has 4 nitrogen and oxygen atoms in total. The van der Waals surface area contributed by atoms with Gasteiger partial charge in [-0.25, -0.2) is 0 Å². The highest BCUT2D eigenvalue weighted by Crippen LogP contribution is 2.25. The van der Waals surface area contributed by atoms with Gasteiger partial charge in [0.1, 0.15) is 5.00 Å². The van der Waals surface area contributed by atoms with E-state index < -0.39 is 0 Å². The molecule has 0 saturated heterocycles. The Hall–Kier alpha value is -1.59. The van der Waals surface area contributed by atoms with Crippen molar-refractivity contribution in [1.82, 2.24) is 9.88 Å². The monoisotopic (exact) mass is 264 g/mol. The maximum atomic E-state index is 12.0. The van der Waals surface area contributed by atoms with Crippen molar-refractivity contribution >= 4 is 17.2 Å². The summed E-state index contributed by atoms with van der Waals surface area (Å²) in [5, 5.41) is 14.2. The van der Waals surface area contributed by atoms with Gasteiger partial charge in [0.15, 0.2) is 0 Å². The SMILES string of the molecule is Cc1ccc(C)n1-c1sccc1C(=O)NCCO. The number of aliphatic hydroxyl groups is 1. The molecule has 0 saturated carbocycles. The third kappa shape index (κ3) is 2.32. The minimum absolute atomic E-state index is 0.0488. The summed E-state index contributed by atoms with van der Waals surface area (Å²) in [5.74, 6) is -0.146. The minimum atomic E-state index is -0.146. The zero-order chi connectivity index (χ0) is 13.1. The molecule has 0 bridgehead atoms. The van der Waals surface area contributed by atoms with Gasteiger partial charge in [-0.2, -0.15) is 0 Å². The molecule has 2 heterocycles. The van der Waals surface area contributed by atoms with E-state index in [4.69, 9.17) is 5.11 Å². The summed E-state index contributed by atoms with van der Waals surface area (Å²) in [6.45, 7) is 4.26. The van der Waals surface area contributed by atoms with Crippen LogP contribution in [0.4, 0.5) is 0 Å². The molecule has 0 aromatic carbocycles. The predicted molar refractivity (Wildman–Crippen MR) is 72.5 cm³/mol. The van der Waals surface area contributed by atoms with Crippen molar-refractivity contribution in [2.45, 2.75) is 13.8 Å². The van der Waals surface area contributed by atoms with Crippen molar-refractivity contribution < 1.29 is 9.90 Å². The average molecular weight is 264 g/mol. The number of nitrogens with one attached hydrogen (secondary N) is 1. The first-order valence-corrected chi connectivity index (χ1v) is 6.65. The standard InChI is InChI=1S/C13H16N2O2S/c1-9-3-4-10(2)15(9)13-11(5-8-18-13)12(17)14-6-7-16/h3-5,8,16H,6-7H2,1-2H3,(H,14,17). The summed E-state index contributed by atoms with van der Waals surface area (Å²) < 4.78 is 2.07. The molecule has 2 aromatic rings. The molecule has 0 spiro atoms. The maximum Gasteiger partial charge on any atom is 0.254 e. The zero-order valence-corrected chi connectivity index (χ0v) is 11.3. The van der Waals surface area contributed by atoms with Crippen LogP contribution >= 0.6 is 11.3 Å². The first kappa shape index (κ1) is 12.9. The molecule has 0 aliphatic carbocycles. The molecule has 2 N–H and O–H groups in total. The Balaban J connectivity index is 2.36. The van der Waals surface area contributed by atoms with Crippen LogP contribution in [0.1, 0.15) is 21.7 Å². The topological polar surface area (TPSA) is 54.3 Å². The molecule has 0 unspecified atom stereocenters. The van der Waals surface area contributed by atoms with Crippen LogP contribution in [0.15, 0.2) is 23.6 Å². The largest absolute Gasteiger partial charge is 0.395 e. The molecule has 5 heteroatoms. The molecule has 18 heavy (non-hydrogen) atoms. The van der Waals surface area contributed by atoms with Gasteiger partial charge >= 0.3 is 0 Å². The Morgan fingerprint density at radius 3 is 2.61 bits per heavy atom. The minimum Gasteiger partial charge on any atom is -0.395 e. The molecule has 0 aliphatic rings. The fourth-order valence-corrected chi connectivity index (χ4v) is 2.91. The van der Waals surface area contributed by atoms with Gasteiger partial charge in [-0.05, 0) is 37.4 Å². The predicted octanol–water partition coefficient (Wildman–Crippen LogP) is 1.88. The van der Waals surface area contributed by atoms with Gasteiger partial charge < -0.3 is 15.0 Å². The van der Waals surface area contributed by atoms with E-state index in [1.54, 1.807) is 0 Å². The number of nitrogens with zero attached hydrogens (tertiary/aromatic N) is 1. The highest BCUT2D eigenvalue weighted by atomic mass is 32.1. The number of aliphatic hydroxyl groups excluding tert-OH is 1. The summed E-state index contributed by atoms with van der Waals surface area (Å²) >= 11 is 1.54. The van der Waals surface area contributed by atoms with Crippen LogP contribution < -0.4 is 5.32 Å². The quantitative estimate of drug-likeness (QED) is 0.886. The number of aryl methyl sites for hydroxylation is 2. The number of hydrogen-bond donors (Lipinski definition) is 2. The van der Waals surface area contributed by atoms with Crippen LogP contribution in [0.5, 0.6) is 0 Å². The highest BCUT2D eigenvalue weighted by molar-refractivity contribution is 7.13. The van der Waals surface area contributed by atoms with Crippen molar-refractivity contribution in [3.8, 4) is 5.00 Å². The molecule has 0 atom stereocenters. The molecule has 0 aliphatic heterocycles. The Bertz CT molecular complexity index is 538. The second-order valence-electron chi connectivity index (χ2n) is 4.07. The van der Waals surface area contributed by atoms with Gasteiger partial charge in [0.2, 0.25) is 0 Å². The number of hydrogen-bond acceptors (Lipinski definition) is 3. The van der Waals surface area contributed by atoms with E-state index >= 15 is 0 Å². The molecular formula is C13H16N2O2S. The van der Waals surface area contributed by atoms with Crippen LogP contribution in [0.25, 0.3) is 5.00 Å². The van der Waals surface area contributed by atoms with Crippen LogP contribution in [0, 0.1) is 13.8 Å². The van der Waals surface area contributed by atoms with Gasteiger partial charge in [-0.1, -0.05) is 0 Å². The van der Waals surface area contributed by atoms with E-state index in [0.29, 0.717) is 5.56 Å². The molecular weight excluding hydrogens is 248 g/mol. The zero-order valence-electron chi connectivity index (χ0n) is 10.4. The average Bonchev–Trinajstić information content (AvgIpc) is 2.93. The summed E-state index contributed by atoms with van der Waals surface area (Å²) in [4.78, 5) is 12.0. The van der Waals surface area contributed by atoms with Gasteiger partial charge in [0.05, 0.1) is 12.2 Å². The van der Waals surface area contributed by atoms with Gasteiger partial charge in [0, 0.05) is 17.9 Å². The second kappa shape index (κ2) is 5.37. The van der Waals surface area contributed by atoms with Crippen molar-refractivity contribution in [3.63, 3.8) is 0 Å². The van der Waals surface area contributed by atoms with Crippen molar-refractivity contribution in [3.05, 3.63) is 40.5 Å². The van der Waals surface area contributed by atoms with Crippen LogP contribution in [0.2, 0.25) is 0 Å². The van der Waals surface area contributed by atoms with Crippen LogP contribution in [-0.2, 0) is 0 Å². The summed E-state index contributed by atoms with van der Waals surface area (Å²) in [6, 6.07) is 5.88. The van der Waals surface area contributed by atoms with E-state index in [0.717, 1.165) is 16.4 Å². The van der Waals surface area contributed by atoms with Crippen LogP contribution in [-0.4, -0.2) is 28.7 Å². The lowest BCUT2D eigenvalue weighted by atomic mass is 10.3. The number of amides is 1. The normalized spacial score (nSPS) is 10.6. The summed E-state index contributed by atoms with van der Waals surface area (Å²) in [6.07, 6.45) is 0. The number of aromatic nitrogens is 1. The molecule has 0 radical (unpaired) electrons. The fraction of sp³-hybridized carbons (Fsp3) is 0.308. The number of rotatable bonds is 4. The lowest BCUT2D eigenvalue weighted by Gasteiger charge is -2.10. The van der Waals surface area contributed by atoms with E-state index in [1.807, 2.05) is 37.4 Å². The number of carbonyl (C=O) groups is 1. The van der Waals surface area contributed by atoms with Crippen molar-refractivity contribution in [1.29, 1.82) is 0 Å². The smallest absolute Gasteiger partial charge is 0.254 e. The van der Waals surface area contributed by atoms with E-state index in [1.165, 1.54) is 11.3 Å². The lowest BCUT2D eigenvalue weighted by Crippen LogP contribution is -2.26. The Kier molecular flexibility index (Phi) is 3.84. The highest BCUT2D eigenvalue weighted by Gasteiger charge is 2.16. The maximum absolute atomic E-state index is 12.0. The van der Waals surface area contributed by atoms with Gasteiger partial charge in [-0.3, -0.25) is 4.79 Å². The first-order chi connectivity index (χ1) is 8.65. The summed E-state index contributed by atoms with van der Waals surface area (Å²) in [7, 11) is 0. The molecule has 2 rings (SSSR count). The van der Waals surface area contributed by atoms with Crippen molar-refractivity contribution in [2.75, 3.05) is 13.2 Å². The van der Waals surface area contributed by atoms with E-state index in [2.05, 4.69) is 9.88 Å². The van der Waals surface area contributed by atoms with Crippen molar-refractivity contribution in [2.24, 2.45) is 0 Å². The fourth-order valence-electron chi connectivity index (χ4n) is 1.90. The third-order valence-corrected chi connectivity index (χ3v) is 3.66. The molecule has 2 aromatic heterocycles. The summed E-state index contributed by atoms with van der Waals surface area (Å²) in [5.41, 5.74) is 2.85. The Labute approximate surface area is 110 Å². The molecule has 1 amide bonds. The Morgan fingerprint density at radius 2 is 2.00 bits per heavy atom. The van der Waals surface area contributed by atoms with E-state index in [-0.39, 0.29) is 19.1 Å². The number of carbonyl (C=O) groups excluding carboxylic acids is 1. The van der Waals surface area contributed by atoms with Crippen LogP contribution in [0.3, 0.4) is 0 Å². The Morgan fingerprint density at radius 1 is 1.33 bits per heavy atom. The third-order valence-electron chi connectivity index (χ3n) is 2.76. The molecule has 96 valence electrons. The molecule has 0 fully saturated rings. The van der Waals surface area contributed by atoms with E-state index in [9.17, 15) is 4.79 Å². The second-order valence-corrected chi connectivity index (χ2v) is 4.97. The van der Waals surface area contributed by atoms with Gasteiger partial charge in [0.25, 0.3) is 5.91 Å².